The maximum Gasteiger partial charge on any atom is 0.151 e. The summed E-state index contributed by atoms with van der Waals surface area (Å²) in [6.45, 7) is 6.11. The van der Waals surface area contributed by atoms with Gasteiger partial charge in [0.1, 0.15) is 0 Å². The average Bonchev–Trinajstić information content (AvgIpc) is 2.17. The van der Waals surface area contributed by atoms with Gasteiger partial charge < -0.3 is 0 Å². The second-order valence-corrected chi connectivity index (χ2v) is 4.34. The lowest BCUT2D eigenvalue weighted by molar-refractivity contribution is 0.509. The van der Waals surface area contributed by atoms with Crippen LogP contribution in [0.2, 0.25) is 0 Å². The molecule has 0 unspecified atom stereocenters. The molecule has 0 aliphatic rings. The molecule has 4 heteroatoms. The topological polar surface area (TPSA) is 54.5 Å². The first kappa shape index (κ1) is 11.7. The van der Waals surface area contributed by atoms with E-state index in [2.05, 4.69) is 9.98 Å². The van der Waals surface area contributed by atoms with E-state index in [1.165, 1.54) is 0 Å². The summed E-state index contributed by atoms with van der Waals surface area (Å²) < 4.78 is 0. The predicted octanol–water partition coefficient (Wildman–Crippen LogP) is 1.61. The molecule has 0 aliphatic heterocycles. The third-order valence-electron chi connectivity index (χ3n) is 2.04. The van der Waals surface area contributed by atoms with E-state index >= 15 is 0 Å². The molecule has 82 valence electrons. The van der Waals surface area contributed by atoms with E-state index in [4.69, 9.17) is 5.84 Å². The number of nitrogens with two attached hydrogens (primary N) is 1. The number of aliphatic imine (C=N–C) groups is 1. The highest BCUT2D eigenvalue weighted by molar-refractivity contribution is 5.86. The Morgan fingerprint density at radius 2 is 2.13 bits per heavy atom. The van der Waals surface area contributed by atoms with Crippen molar-refractivity contribution >= 4 is 12.0 Å². The Morgan fingerprint density at radius 3 is 2.67 bits per heavy atom. The molecule has 0 atom stereocenters. The summed E-state index contributed by atoms with van der Waals surface area (Å²) in [5.74, 6) is 6.76. The van der Waals surface area contributed by atoms with Crippen molar-refractivity contribution in [2.75, 3.05) is 12.1 Å². The van der Waals surface area contributed by atoms with Crippen molar-refractivity contribution in [3.63, 3.8) is 0 Å². The predicted molar refractivity (Wildman–Crippen MR) is 64.2 cm³/mol. The minimum Gasteiger partial charge on any atom is -0.296 e. The van der Waals surface area contributed by atoms with Crippen LogP contribution in [0.3, 0.4) is 0 Å². The first-order valence-electron chi connectivity index (χ1n) is 4.89. The van der Waals surface area contributed by atoms with Crippen molar-refractivity contribution in [3.05, 3.63) is 23.9 Å². The Kier molecular flexibility index (Phi) is 3.42. The molecule has 0 radical (unpaired) electrons. The molecule has 15 heavy (non-hydrogen) atoms. The molecule has 0 spiro atoms. The molecule has 0 bridgehead atoms. The highest BCUT2D eigenvalue weighted by Crippen LogP contribution is 2.20. The van der Waals surface area contributed by atoms with E-state index in [1.54, 1.807) is 24.5 Å². The molecular formula is C11H18N4. The number of rotatable bonds is 2. The third kappa shape index (κ3) is 2.76. The quantitative estimate of drug-likeness (QED) is 0.454. The van der Waals surface area contributed by atoms with Crippen LogP contribution in [-0.2, 0) is 0 Å². The highest BCUT2D eigenvalue weighted by atomic mass is 15.5. The number of pyridine rings is 1. The Bertz CT molecular complexity index is 352. The van der Waals surface area contributed by atoms with Gasteiger partial charge in [0.25, 0.3) is 0 Å². The highest BCUT2D eigenvalue weighted by Gasteiger charge is 2.21. The molecule has 1 aromatic heterocycles. The van der Waals surface area contributed by atoms with Gasteiger partial charge in [0.05, 0.1) is 0 Å². The standard InChI is InChI=1S/C11H18N4/c1-11(2,3)15(12)10-9(8-13-4)6-5-7-14-10/h5-8H,12H2,1-4H3. The molecule has 1 aromatic rings. The largest absolute Gasteiger partial charge is 0.296 e. The van der Waals surface area contributed by atoms with E-state index in [9.17, 15) is 0 Å². The molecule has 0 aliphatic carbocycles. The van der Waals surface area contributed by atoms with Crippen LogP contribution in [0.25, 0.3) is 0 Å². The van der Waals surface area contributed by atoms with Gasteiger partial charge in [0.15, 0.2) is 5.82 Å². The molecule has 0 saturated carbocycles. The van der Waals surface area contributed by atoms with E-state index in [1.807, 2.05) is 32.9 Å². The minimum atomic E-state index is -0.162. The number of anilines is 1. The van der Waals surface area contributed by atoms with Crippen LogP contribution in [-0.4, -0.2) is 23.8 Å². The summed E-state index contributed by atoms with van der Waals surface area (Å²) >= 11 is 0. The van der Waals surface area contributed by atoms with Gasteiger partial charge in [0.2, 0.25) is 0 Å². The molecule has 0 amide bonds. The number of nitrogens with zero attached hydrogens (tertiary/aromatic N) is 3. The third-order valence-corrected chi connectivity index (χ3v) is 2.04. The molecule has 0 saturated heterocycles. The second-order valence-electron chi connectivity index (χ2n) is 4.34. The Balaban J connectivity index is 3.13. The summed E-state index contributed by atoms with van der Waals surface area (Å²) in [7, 11) is 1.73. The summed E-state index contributed by atoms with van der Waals surface area (Å²) in [6, 6.07) is 3.82. The van der Waals surface area contributed by atoms with Crippen LogP contribution in [0.1, 0.15) is 26.3 Å². The summed E-state index contributed by atoms with van der Waals surface area (Å²) in [5.41, 5.74) is 0.766. The average molecular weight is 206 g/mol. The van der Waals surface area contributed by atoms with Crippen LogP contribution in [0.15, 0.2) is 23.3 Å². The van der Waals surface area contributed by atoms with Gasteiger partial charge in [-0.1, -0.05) is 0 Å². The number of hydrogen-bond donors (Lipinski definition) is 1. The normalized spacial score (nSPS) is 12.1. The fourth-order valence-corrected chi connectivity index (χ4v) is 1.17. The van der Waals surface area contributed by atoms with Crippen molar-refractivity contribution in [3.8, 4) is 0 Å². The van der Waals surface area contributed by atoms with Gasteiger partial charge in [-0.15, -0.1) is 0 Å². The van der Waals surface area contributed by atoms with E-state index in [0.29, 0.717) is 0 Å². The van der Waals surface area contributed by atoms with Crippen LogP contribution < -0.4 is 10.9 Å². The van der Waals surface area contributed by atoms with E-state index in [-0.39, 0.29) is 5.54 Å². The van der Waals surface area contributed by atoms with Crippen LogP contribution in [0.4, 0.5) is 5.82 Å². The second kappa shape index (κ2) is 4.40. The van der Waals surface area contributed by atoms with Gasteiger partial charge in [0, 0.05) is 30.6 Å². The van der Waals surface area contributed by atoms with Gasteiger partial charge in [-0.3, -0.25) is 10.0 Å². The summed E-state index contributed by atoms with van der Waals surface area (Å²) in [5, 5.41) is 1.66. The van der Waals surface area contributed by atoms with Gasteiger partial charge in [-0.25, -0.2) is 10.8 Å². The number of hydrogen-bond acceptors (Lipinski definition) is 4. The van der Waals surface area contributed by atoms with Gasteiger partial charge in [-0.2, -0.15) is 0 Å². The van der Waals surface area contributed by atoms with Gasteiger partial charge in [-0.05, 0) is 32.9 Å². The zero-order valence-corrected chi connectivity index (χ0v) is 9.73. The first-order valence-corrected chi connectivity index (χ1v) is 4.89. The van der Waals surface area contributed by atoms with Crippen LogP contribution in [0.5, 0.6) is 0 Å². The molecular weight excluding hydrogens is 188 g/mol. The van der Waals surface area contributed by atoms with Crippen molar-refractivity contribution in [1.29, 1.82) is 0 Å². The first-order chi connectivity index (χ1) is 6.96. The van der Waals surface area contributed by atoms with Crippen LogP contribution in [0, 0.1) is 0 Å². The summed E-state index contributed by atoms with van der Waals surface area (Å²) in [4.78, 5) is 8.26. The zero-order valence-electron chi connectivity index (χ0n) is 9.73. The molecule has 4 nitrogen and oxygen atoms in total. The zero-order chi connectivity index (χ0) is 11.5. The van der Waals surface area contributed by atoms with Crippen LogP contribution >= 0.6 is 0 Å². The molecule has 1 rings (SSSR count). The molecule has 1 heterocycles. The van der Waals surface area contributed by atoms with Crippen molar-refractivity contribution in [2.45, 2.75) is 26.3 Å². The van der Waals surface area contributed by atoms with Gasteiger partial charge >= 0.3 is 0 Å². The monoisotopic (exact) mass is 206 g/mol. The number of hydrazine groups is 1. The lowest BCUT2D eigenvalue weighted by Gasteiger charge is -2.32. The molecule has 2 N–H and O–H groups in total. The fraction of sp³-hybridized carbons (Fsp3) is 0.455. The molecule has 0 aromatic carbocycles. The maximum atomic E-state index is 6.01. The lowest BCUT2D eigenvalue weighted by atomic mass is 10.1. The minimum absolute atomic E-state index is 0.162. The molecule has 0 fully saturated rings. The Labute approximate surface area is 90.8 Å². The van der Waals surface area contributed by atoms with E-state index < -0.39 is 0 Å². The fourth-order valence-electron chi connectivity index (χ4n) is 1.17. The number of aromatic nitrogens is 1. The lowest BCUT2D eigenvalue weighted by Crippen LogP contribution is -2.47. The van der Waals surface area contributed by atoms with E-state index in [0.717, 1.165) is 11.4 Å². The maximum absolute atomic E-state index is 6.01. The van der Waals surface area contributed by atoms with Crippen molar-refractivity contribution in [2.24, 2.45) is 10.8 Å². The summed E-state index contributed by atoms with van der Waals surface area (Å²) in [6.07, 6.45) is 3.49. The SMILES string of the molecule is CN=Cc1cccnc1N(N)C(C)(C)C. The Hall–Kier alpha value is -1.42. The Morgan fingerprint density at radius 1 is 1.47 bits per heavy atom. The van der Waals surface area contributed by atoms with Crippen molar-refractivity contribution < 1.29 is 0 Å². The van der Waals surface area contributed by atoms with Crippen molar-refractivity contribution in [1.82, 2.24) is 4.98 Å². The smallest absolute Gasteiger partial charge is 0.151 e.